The minimum absolute atomic E-state index is 0.0380. The lowest BCUT2D eigenvalue weighted by atomic mass is 10.1. The molecule has 2 rings (SSSR count). The molecule has 0 saturated carbocycles. The van der Waals surface area contributed by atoms with E-state index in [4.69, 9.17) is 0 Å². The van der Waals surface area contributed by atoms with E-state index in [9.17, 15) is 8.42 Å². The summed E-state index contributed by atoms with van der Waals surface area (Å²) in [6.45, 7) is 2.71. The molecule has 1 aromatic rings. The fourth-order valence-corrected chi connectivity index (χ4v) is 3.14. The van der Waals surface area contributed by atoms with Crippen LogP contribution in [-0.2, 0) is 16.8 Å². The van der Waals surface area contributed by atoms with Crippen molar-refractivity contribution in [2.24, 2.45) is 0 Å². The van der Waals surface area contributed by atoms with Gasteiger partial charge in [-0.1, -0.05) is 0 Å². The van der Waals surface area contributed by atoms with Gasteiger partial charge in [0.2, 0.25) is 0 Å². The van der Waals surface area contributed by atoms with Crippen LogP contribution >= 0.6 is 0 Å². The van der Waals surface area contributed by atoms with Crippen molar-refractivity contribution in [3.63, 3.8) is 0 Å². The Kier molecular flexibility index (Phi) is 5.09. The molecule has 0 unspecified atom stereocenters. The van der Waals surface area contributed by atoms with Gasteiger partial charge in [0.05, 0.1) is 0 Å². The molecule has 2 heterocycles. The molecule has 112 valence electrons. The third-order valence-corrected chi connectivity index (χ3v) is 5.13. The summed E-state index contributed by atoms with van der Waals surface area (Å²) in [6.07, 6.45) is 5.29. The SMILES string of the molecule is CN(C)S(=O)(=O)NC1CCN(Cc2ccncc2)CC1. The van der Waals surface area contributed by atoms with Gasteiger partial charge in [0.1, 0.15) is 0 Å². The summed E-state index contributed by atoms with van der Waals surface area (Å²) in [5.41, 5.74) is 1.24. The highest BCUT2D eigenvalue weighted by molar-refractivity contribution is 7.87. The zero-order chi connectivity index (χ0) is 14.6. The normalized spacial score (nSPS) is 18.6. The molecule has 0 aromatic carbocycles. The van der Waals surface area contributed by atoms with E-state index >= 15 is 0 Å². The lowest BCUT2D eigenvalue weighted by molar-refractivity contribution is 0.199. The number of aromatic nitrogens is 1. The van der Waals surface area contributed by atoms with Gasteiger partial charge in [-0.05, 0) is 30.5 Å². The van der Waals surface area contributed by atoms with E-state index in [1.165, 1.54) is 9.87 Å². The van der Waals surface area contributed by atoms with Crippen molar-refractivity contribution in [2.45, 2.75) is 25.4 Å². The fraction of sp³-hybridized carbons (Fsp3) is 0.615. The van der Waals surface area contributed by atoms with Crippen LogP contribution in [0.25, 0.3) is 0 Å². The number of nitrogens with zero attached hydrogens (tertiary/aromatic N) is 3. The molecule has 0 bridgehead atoms. The quantitative estimate of drug-likeness (QED) is 0.857. The second-order valence-corrected chi connectivity index (χ2v) is 7.23. The number of nitrogens with one attached hydrogen (secondary N) is 1. The average Bonchev–Trinajstić information content (AvgIpc) is 2.42. The second-order valence-electron chi connectivity index (χ2n) is 5.31. The Morgan fingerprint density at radius 3 is 2.45 bits per heavy atom. The number of piperidine rings is 1. The second kappa shape index (κ2) is 6.62. The first-order valence-electron chi connectivity index (χ1n) is 6.78. The van der Waals surface area contributed by atoms with Crippen molar-refractivity contribution in [3.05, 3.63) is 30.1 Å². The highest BCUT2D eigenvalue weighted by atomic mass is 32.2. The molecule has 0 atom stereocenters. The van der Waals surface area contributed by atoms with Gasteiger partial charge in [-0.15, -0.1) is 0 Å². The van der Waals surface area contributed by atoms with Crippen LogP contribution in [-0.4, -0.2) is 55.8 Å². The first kappa shape index (κ1) is 15.4. The van der Waals surface area contributed by atoms with Crippen LogP contribution in [0.1, 0.15) is 18.4 Å². The van der Waals surface area contributed by atoms with E-state index in [1.807, 2.05) is 12.1 Å². The van der Waals surface area contributed by atoms with E-state index in [0.29, 0.717) is 0 Å². The number of pyridine rings is 1. The Bertz CT molecular complexity index is 510. The van der Waals surface area contributed by atoms with Crippen LogP contribution in [0.4, 0.5) is 0 Å². The van der Waals surface area contributed by atoms with Crippen molar-refractivity contribution >= 4 is 10.2 Å². The van der Waals surface area contributed by atoms with Crippen LogP contribution in [0.15, 0.2) is 24.5 Å². The Morgan fingerprint density at radius 2 is 1.90 bits per heavy atom. The van der Waals surface area contributed by atoms with Gasteiger partial charge in [-0.25, -0.2) is 0 Å². The van der Waals surface area contributed by atoms with Crippen molar-refractivity contribution in [1.82, 2.24) is 18.9 Å². The van der Waals surface area contributed by atoms with Gasteiger partial charge in [-0.3, -0.25) is 9.88 Å². The van der Waals surface area contributed by atoms with Crippen LogP contribution in [0.3, 0.4) is 0 Å². The van der Waals surface area contributed by atoms with Gasteiger partial charge in [0.15, 0.2) is 0 Å². The van der Waals surface area contributed by atoms with Crippen molar-refractivity contribution in [3.8, 4) is 0 Å². The summed E-state index contributed by atoms with van der Waals surface area (Å²) in [7, 11) is -0.233. The van der Waals surface area contributed by atoms with Gasteiger partial charge >= 0.3 is 0 Å². The molecular weight excluding hydrogens is 276 g/mol. The molecule has 1 N–H and O–H groups in total. The maximum atomic E-state index is 11.8. The molecular formula is C13H22N4O2S. The molecule has 0 amide bonds. The number of hydrogen-bond acceptors (Lipinski definition) is 4. The van der Waals surface area contributed by atoms with Crippen LogP contribution in [0, 0.1) is 0 Å². The van der Waals surface area contributed by atoms with E-state index in [2.05, 4.69) is 14.6 Å². The average molecular weight is 298 g/mol. The molecule has 7 heteroatoms. The summed E-state index contributed by atoms with van der Waals surface area (Å²) in [6, 6.07) is 4.07. The van der Waals surface area contributed by atoms with Crippen molar-refractivity contribution in [2.75, 3.05) is 27.2 Å². The smallest absolute Gasteiger partial charge is 0.279 e. The predicted molar refractivity (Wildman–Crippen MR) is 78.3 cm³/mol. The van der Waals surface area contributed by atoms with E-state index in [-0.39, 0.29) is 6.04 Å². The Hall–Kier alpha value is -1.02. The number of rotatable bonds is 5. The van der Waals surface area contributed by atoms with Crippen LogP contribution < -0.4 is 4.72 Å². The van der Waals surface area contributed by atoms with Gasteiger partial charge in [-0.2, -0.15) is 17.4 Å². The Morgan fingerprint density at radius 1 is 1.30 bits per heavy atom. The minimum Gasteiger partial charge on any atom is -0.299 e. The lowest BCUT2D eigenvalue weighted by Crippen LogP contribution is -2.47. The molecule has 1 aromatic heterocycles. The zero-order valence-electron chi connectivity index (χ0n) is 12.0. The van der Waals surface area contributed by atoms with Gasteiger partial charge < -0.3 is 0 Å². The van der Waals surface area contributed by atoms with Crippen molar-refractivity contribution < 1.29 is 8.42 Å². The van der Waals surface area contributed by atoms with E-state index < -0.39 is 10.2 Å². The highest BCUT2D eigenvalue weighted by Gasteiger charge is 2.24. The lowest BCUT2D eigenvalue weighted by Gasteiger charge is -2.32. The standard InChI is InChI=1S/C13H22N4O2S/c1-16(2)20(18,19)15-13-5-9-17(10-6-13)11-12-3-7-14-8-4-12/h3-4,7-8,13,15H,5-6,9-11H2,1-2H3. The molecule has 20 heavy (non-hydrogen) atoms. The summed E-state index contributed by atoms with van der Waals surface area (Å²) in [5, 5.41) is 0. The summed E-state index contributed by atoms with van der Waals surface area (Å²) >= 11 is 0. The maximum absolute atomic E-state index is 11.8. The van der Waals surface area contributed by atoms with E-state index in [0.717, 1.165) is 32.5 Å². The summed E-state index contributed by atoms with van der Waals surface area (Å²) in [5.74, 6) is 0. The molecule has 0 spiro atoms. The van der Waals surface area contributed by atoms with Crippen LogP contribution in [0.5, 0.6) is 0 Å². The third-order valence-electron chi connectivity index (χ3n) is 3.54. The van der Waals surface area contributed by atoms with Crippen molar-refractivity contribution in [1.29, 1.82) is 0 Å². The molecule has 1 aliphatic heterocycles. The first-order chi connectivity index (χ1) is 9.47. The highest BCUT2D eigenvalue weighted by Crippen LogP contribution is 2.14. The number of likely N-dealkylation sites (tertiary alicyclic amines) is 1. The summed E-state index contributed by atoms with van der Waals surface area (Å²) in [4.78, 5) is 6.35. The topological polar surface area (TPSA) is 65.5 Å². The monoisotopic (exact) mass is 298 g/mol. The fourth-order valence-electron chi connectivity index (χ4n) is 2.27. The first-order valence-corrected chi connectivity index (χ1v) is 8.22. The molecule has 0 radical (unpaired) electrons. The minimum atomic E-state index is -3.32. The molecule has 1 fully saturated rings. The largest absolute Gasteiger partial charge is 0.299 e. The Balaban J connectivity index is 1.81. The van der Waals surface area contributed by atoms with Gasteiger partial charge in [0, 0.05) is 52.2 Å². The molecule has 1 aliphatic rings. The maximum Gasteiger partial charge on any atom is 0.279 e. The predicted octanol–water partition coefficient (Wildman–Crippen LogP) is 0.442. The van der Waals surface area contributed by atoms with Gasteiger partial charge in [0.25, 0.3) is 10.2 Å². The zero-order valence-corrected chi connectivity index (χ0v) is 12.8. The van der Waals surface area contributed by atoms with E-state index in [1.54, 1.807) is 26.5 Å². The third kappa shape index (κ3) is 4.24. The molecule has 6 nitrogen and oxygen atoms in total. The van der Waals surface area contributed by atoms with Crippen LogP contribution in [0.2, 0.25) is 0 Å². The molecule has 1 saturated heterocycles. The Labute approximate surface area is 121 Å². The summed E-state index contributed by atoms with van der Waals surface area (Å²) < 4.78 is 27.5. The number of hydrogen-bond donors (Lipinski definition) is 1. The molecule has 0 aliphatic carbocycles.